The van der Waals surface area contributed by atoms with Crippen molar-refractivity contribution in [3.63, 3.8) is 0 Å². The molecule has 0 bridgehead atoms. The van der Waals surface area contributed by atoms with E-state index in [0.717, 1.165) is 16.4 Å². The van der Waals surface area contributed by atoms with Crippen LogP contribution in [0.25, 0.3) is 0 Å². The molecule has 150 valence electrons. The van der Waals surface area contributed by atoms with Gasteiger partial charge in [0.05, 0.1) is 11.3 Å². The average molecular weight is 427 g/mol. The monoisotopic (exact) mass is 427 g/mol. The van der Waals surface area contributed by atoms with Gasteiger partial charge >= 0.3 is 26.4 Å². The number of rotatable bonds is 6. The normalized spacial score (nSPS) is 13.1. The van der Waals surface area contributed by atoms with Crippen molar-refractivity contribution in [3.05, 3.63) is 36.2 Å². The number of sulfonamides is 1. The lowest BCUT2D eigenvalue weighted by Gasteiger charge is -2.22. The zero-order valence-electron chi connectivity index (χ0n) is 14.4. The minimum absolute atomic E-state index is 0.224. The van der Waals surface area contributed by atoms with Crippen LogP contribution in [0.5, 0.6) is 0 Å². The Bertz CT molecular complexity index is 1030. The van der Waals surface area contributed by atoms with E-state index in [9.17, 15) is 30.0 Å². The van der Waals surface area contributed by atoms with Gasteiger partial charge in [-0.2, -0.15) is 34.3 Å². The van der Waals surface area contributed by atoms with Gasteiger partial charge < -0.3 is 0 Å². The highest BCUT2D eigenvalue weighted by Gasteiger charge is 2.34. The Balaban J connectivity index is 2.51. The van der Waals surface area contributed by atoms with Gasteiger partial charge in [0.2, 0.25) is 0 Å². The first-order chi connectivity index (χ1) is 12.3. The summed E-state index contributed by atoms with van der Waals surface area (Å²) in [6, 6.07) is 3.73. The highest BCUT2D eigenvalue weighted by Crippen LogP contribution is 2.32. The van der Waals surface area contributed by atoms with Crippen LogP contribution in [0, 0.1) is 0 Å². The van der Waals surface area contributed by atoms with Crippen molar-refractivity contribution in [2.75, 3.05) is 24.9 Å². The molecule has 0 saturated carbocycles. The molecule has 0 radical (unpaired) electrons. The summed E-state index contributed by atoms with van der Waals surface area (Å²) >= 11 is 0. The maximum Gasteiger partial charge on any atom is 0.416 e. The quantitative estimate of drug-likeness (QED) is 0.685. The third kappa shape index (κ3) is 4.06. The number of nitrogens with zero attached hydrogens (tertiary/aromatic N) is 5. The van der Waals surface area contributed by atoms with E-state index in [4.69, 9.17) is 0 Å². The van der Waals surface area contributed by atoms with Crippen molar-refractivity contribution in [1.82, 2.24) is 18.5 Å². The van der Waals surface area contributed by atoms with Gasteiger partial charge in [-0.3, -0.25) is 4.31 Å². The largest absolute Gasteiger partial charge is 0.416 e. The molecule has 2 aromatic rings. The fraction of sp³-hybridized carbons (Fsp3) is 0.385. The second kappa shape index (κ2) is 7.09. The molecular formula is C13H16F3N5O4S2. The van der Waals surface area contributed by atoms with Crippen LogP contribution in [-0.2, 0) is 26.4 Å². The molecule has 2 rings (SSSR count). The molecule has 0 aliphatic carbocycles. The Kier molecular flexibility index (Phi) is 5.54. The summed E-state index contributed by atoms with van der Waals surface area (Å²) in [6.45, 7) is 1.18. The van der Waals surface area contributed by atoms with E-state index in [1.54, 1.807) is 0 Å². The van der Waals surface area contributed by atoms with E-state index in [-0.39, 0.29) is 12.2 Å². The predicted octanol–water partition coefficient (Wildman–Crippen LogP) is 1.17. The zero-order valence-corrected chi connectivity index (χ0v) is 16.0. The lowest BCUT2D eigenvalue weighted by molar-refractivity contribution is -0.137. The molecule has 0 fully saturated rings. The molecule has 27 heavy (non-hydrogen) atoms. The lowest BCUT2D eigenvalue weighted by atomic mass is 10.2. The zero-order chi connectivity index (χ0) is 20.6. The van der Waals surface area contributed by atoms with Crippen LogP contribution in [0.3, 0.4) is 0 Å². The minimum atomic E-state index is -4.65. The summed E-state index contributed by atoms with van der Waals surface area (Å²) in [5.41, 5.74) is -1.28. The van der Waals surface area contributed by atoms with E-state index in [1.807, 2.05) is 0 Å². The first kappa shape index (κ1) is 21.1. The molecule has 0 aliphatic rings. The van der Waals surface area contributed by atoms with E-state index < -0.39 is 37.1 Å². The van der Waals surface area contributed by atoms with Crippen molar-refractivity contribution in [1.29, 1.82) is 0 Å². The van der Waals surface area contributed by atoms with Gasteiger partial charge in [0.15, 0.2) is 0 Å². The molecule has 9 nitrogen and oxygen atoms in total. The van der Waals surface area contributed by atoms with Gasteiger partial charge in [-0.05, 0) is 25.1 Å². The van der Waals surface area contributed by atoms with Crippen LogP contribution in [-0.4, -0.2) is 56.0 Å². The number of aromatic nitrogens is 3. The molecule has 0 unspecified atom stereocenters. The highest BCUT2D eigenvalue weighted by molar-refractivity contribution is 7.92. The third-order valence-electron chi connectivity index (χ3n) is 3.42. The number of benzene rings is 1. The smallest absolute Gasteiger partial charge is 0.264 e. The van der Waals surface area contributed by atoms with Crippen LogP contribution in [0.15, 0.2) is 35.7 Å². The fourth-order valence-corrected chi connectivity index (χ4v) is 4.09. The van der Waals surface area contributed by atoms with Gasteiger partial charge in [-0.1, -0.05) is 6.07 Å². The topological polar surface area (TPSA) is 105 Å². The molecule has 1 heterocycles. The van der Waals surface area contributed by atoms with Gasteiger partial charge in [-0.15, -0.1) is 9.19 Å². The van der Waals surface area contributed by atoms with Crippen molar-refractivity contribution in [3.8, 4) is 0 Å². The second-order valence-corrected chi connectivity index (χ2v) is 9.16. The van der Waals surface area contributed by atoms with E-state index in [2.05, 4.69) is 10.1 Å². The van der Waals surface area contributed by atoms with Crippen molar-refractivity contribution >= 4 is 25.9 Å². The lowest BCUT2D eigenvalue weighted by Crippen LogP contribution is -2.33. The van der Waals surface area contributed by atoms with Crippen LogP contribution in [0.2, 0.25) is 0 Å². The highest BCUT2D eigenvalue weighted by atomic mass is 32.2. The van der Waals surface area contributed by atoms with Crippen LogP contribution < -0.4 is 4.31 Å². The van der Waals surface area contributed by atoms with E-state index in [1.165, 1.54) is 27.1 Å². The molecule has 1 aromatic heterocycles. The number of alkyl halides is 3. The molecule has 0 N–H and O–H groups in total. The molecular weight excluding hydrogens is 411 g/mol. The van der Waals surface area contributed by atoms with Crippen molar-refractivity contribution in [2.24, 2.45) is 0 Å². The summed E-state index contributed by atoms with van der Waals surface area (Å²) < 4.78 is 89.9. The molecule has 0 aliphatic heterocycles. The third-order valence-corrected chi connectivity index (χ3v) is 6.69. The van der Waals surface area contributed by atoms with Gasteiger partial charge in [0.1, 0.15) is 6.33 Å². The summed E-state index contributed by atoms with van der Waals surface area (Å²) in [5, 5.41) is 2.61. The van der Waals surface area contributed by atoms with E-state index in [0.29, 0.717) is 20.8 Å². The number of halogens is 3. The Labute approximate surface area is 154 Å². The van der Waals surface area contributed by atoms with Crippen LogP contribution in [0.4, 0.5) is 18.9 Å². The standard InChI is InChI=1S/C13H16F3N5O4S2/c1-4-20(11-7-5-6-10(8-11)13(14,15)16)26(22,23)12-17-9-21(18-12)27(24,25)19(2)3/h5-9H,4H2,1-3H3. The number of hydrogen-bond acceptors (Lipinski definition) is 6. The van der Waals surface area contributed by atoms with Gasteiger partial charge in [-0.25, -0.2) is 4.98 Å². The maximum absolute atomic E-state index is 12.9. The fourth-order valence-electron chi connectivity index (χ4n) is 2.06. The Hall–Kier alpha value is -2.19. The summed E-state index contributed by atoms with van der Waals surface area (Å²) in [5.74, 6) is 0. The molecule has 0 saturated heterocycles. The molecule has 0 spiro atoms. The van der Waals surface area contributed by atoms with Crippen molar-refractivity contribution in [2.45, 2.75) is 18.3 Å². The first-order valence-electron chi connectivity index (χ1n) is 7.36. The SMILES string of the molecule is CCN(c1cccc(C(F)(F)F)c1)S(=O)(=O)c1ncn(S(=O)(=O)N(C)C)n1. The molecule has 1 aromatic carbocycles. The average Bonchev–Trinajstić information content (AvgIpc) is 3.06. The van der Waals surface area contributed by atoms with Crippen LogP contribution in [0.1, 0.15) is 12.5 Å². The first-order valence-corrected chi connectivity index (χ1v) is 10.2. The van der Waals surface area contributed by atoms with Crippen LogP contribution >= 0.6 is 0 Å². The summed E-state index contributed by atoms with van der Waals surface area (Å²) in [4.78, 5) is 3.50. The Morgan fingerprint density at radius 3 is 2.30 bits per heavy atom. The number of anilines is 1. The predicted molar refractivity (Wildman–Crippen MR) is 89.7 cm³/mol. The Morgan fingerprint density at radius 2 is 1.78 bits per heavy atom. The number of hydrogen-bond donors (Lipinski definition) is 0. The minimum Gasteiger partial charge on any atom is -0.264 e. The molecule has 0 amide bonds. The van der Waals surface area contributed by atoms with Gasteiger partial charge in [0, 0.05) is 20.6 Å². The molecule has 0 atom stereocenters. The summed E-state index contributed by atoms with van der Waals surface area (Å²) in [6.07, 6.45) is -3.96. The Morgan fingerprint density at radius 1 is 1.15 bits per heavy atom. The van der Waals surface area contributed by atoms with E-state index >= 15 is 0 Å². The van der Waals surface area contributed by atoms with Gasteiger partial charge in [0.25, 0.3) is 5.16 Å². The van der Waals surface area contributed by atoms with Crippen molar-refractivity contribution < 1.29 is 30.0 Å². The summed E-state index contributed by atoms with van der Waals surface area (Å²) in [7, 11) is -6.16. The second-order valence-electron chi connectivity index (χ2n) is 5.41. The maximum atomic E-state index is 12.9. The molecule has 14 heteroatoms.